The minimum absolute atomic E-state index is 0.118. The molecule has 22 heavy (non-hydrogen) atoms. The lowest BCUT2D eigenvalue weighted by Gasteiger charge is -2.11. The zero-order valence-corrected chi connectivity index (χ0v) is 12.9. The van der Waals surface area contributed by atoms with E-state index < -0.39 is 0 Å². The second-order valence-electron chi connectivity index (χ2n) is 5.36. The van der Waals surface area contributed by atoms with Crippen molar-refractivity contribution in [3.63, 3.8) is 0 Å². The maximum atomic E-state index is 12.8. The maximum Gasteiger partial charge on any atom is 0.258 e. The minimum Gasteiger partial charge on any atom is -0.296 e. The van der Waals surface area contributed by atoms with Crippen molar-refractivity contribution in [2.45, 2.75) is 26.2 Å². The van der Waals surface area contributed by atoms with Gasteiger partial charge in [-0.2, -0.15) is 0 Å². The summed E-state index contributed by atoms with van der Waals surface area (Å²) in [7, 11) is 0. The van der Waals surface area contributed by atoms with Crippen LogP contribution in [0.2, 0.25) is 0 Å². The molecule has 5 nitrogen and oxygen atoms in total. The number of fused-ring (bicyclic) bond motifs is 2. The number of hydrogen-bond acceptors (Lipinski definition) is 5. The Morgan fingerprint density at radius 1 is 1.23 bits per heavy atom. The highest BCUT2D eigenvalue weighted by molar-refractivity contribution is 7.15. The van der Waals surface area contributed by atoms with Crippen LogP contribution in [0.3, 0.4) is 0 Å². The smallest absolute Gasteiger partial charge is 0.258 e. The van der Waals surface area contributed by atoms with Crippen molar-refractivity contribution in [1.82, 2.24) is 15.2 Å². The predicted molar refractivity (Wildman–Crippen MR) is 86.4 cm³/mol. The third-order valence-corrected chi connectivity index (χ3v) is 4.65. The SMILES string of the molecule is Cc1nnc(NC(=O)c2c3c(nc4ccccc24)CCC3)s1. The predicted octanol–water partition coefficient (Wildman–Crippen LogP) is 3.14. The summed E-state index contributed by atoms with van der Waals surface area (Å²) >= 11 is 1.38. The van der Waals surface area contributed by atoms with Crippen LogP contribution >= 0.6 is 11.3 Å². The number of rotatable bonds is 2. The first-order chi connectivity index (χ1) is 10.7. The number of nitrogens with zero attached hydrogens (tertiary/aromatic N) is 3. The van der Waals surface area contributed by atoms with Crippen molar-refractivity contribution in [2.75, 3.05) is 5.32 Å². The van der Waals surface area contributed by atoms with E-state index in [0.717, 1.165) is 52.0 Å². The van der Waals surface area contributed by atoms with Gasteiger partial charge in [-0.15, -0.1) is 10.2 Å². The average Bonchev–Trinajstić information content (AvgIpc) is 3.13. The molecule has 0 saturated heterocycles. The number of hydrogen-bond donors (Lipinski definition) is 1. The van der Waals surface area contributed by atoms with Gasteiger partial charge in [-0.25, -0.2) is 0 Å². The van der Waals surface area contributed by atoms with Gasteiger partial charge < -0.3 is 0 Å². The summed E-state index contributed by atoms with van der Waals surface area (Å²) in [4.78, 5) is 17.5. The van der Waals surface area contributed by atoms with Gasteiger partial charge in [-0.05, 0) is 37.8 Å². The Morgan fingerprint density at radius 3 is 2.91 bits per heavy atom. The fourth-order valence-corrected chi connectivity index (χ4v) is 3.56. The Hall–Kier alpha value is -2.34. The van der Waals surface area contributed by atoms with Gasteiger partial charge in [-0.3, -0.25) is 15.1 Å². The van der Waals surface area contributed by atoms with Crippen LogP contribution in [0.4, 0.5) is 5.13 Å². The molecule has 0 atom stereocenters. The van der Waals surface area contributed by atoms with Crippen molar-refractivity contribution < 1.29 is 4.79 Å². The summed E-state index contributed by atoms with van der Waals surface area (Å²) in [6, 6.07) is 7.81. The lowest BCUT2D eigenvalue weighted by atomic mass is 10.0. The van der Waals surface area contributed by atoms with E-state index in [0.29, 0.717) is 5.13 Å². The second-order valence-corrected chi connectivity index (χ2v) is 6.54. The Balaban J connectivity index is 1.84. The van der Waals surface area contributed by atoms with E-state index in [4.69, 9.17) is 4.98 Å². The number of para-hydroxylation sites is 1. The zero-order valence-electron chi connectivity index (χ0n) is 12.1. The number of carbonyl (C=O) groups is 1. The van der Waals surface area contributed by atoms with Crippen molar-refractivity contribution in [3.05, 3.63) is 46.1 Å². The monoisotopic (exact) mass is 310 g/mol. The Bertz CT molecular complexity index is 887. The summed E-state index contributed by atoms with van der Waals surface area (Å²) in [5, 5.41) is 13.1. The molecular formula is C16H14N4OS. The van der Waals surface area contributed by atoms with E-state index in [-0.39, 0.29) is 5.91 Å². The van der Waals surface area contributed by atoms with Gasteiger partial charge in [0.05, 0.1) is 11.1 Å². The van der Waals surface area contributed by atoms with E-state index >= 15 is 0 Å². The maximum absolute atomic E-state index is 12.8. The molecule has 0 spiro atoms. The first-order valence-corrected chi connectivity index (χ1v) is 8.06. The molecule has 1 amide bonds. The van der Waals surface area contributed by atoms with Crippen molar-refractivity contribution in [1.29, 1.82) is 0 Å². The Kier molecular flexibility index (Phi) is 3.11. The molecule has 1 aromatic carbocycles. The topological polar surface area (TPSA) is 67.8 Å². The van der Waals surface area contributed by atoms with Crippen LogP contribution in [0.1, 0.15) is 33.0 Å². The van der Waals surface area contributed by atoms with Gasteiger partial charge in [0, 0.05) is 11.1 Å². The molecule has 0 unspecified atom stereocenters. The minimum atomic E-state index is -0.118. The van der Waals surface area contributed by atoms with Crippen molar-refractivity contribution >= 4 is 33.3 Å². The molecule has 1 N–H and O–H groups in total. The molecule has 1 aliphatic rings. The number of aryl methyl sites for hydroxylation is 2. The van der Waals surface area contributed by atoms with Gasteiger partial charge in [0.25, 0.3) is 5.91 Å². The molecule has 2 heterocycles. The summed E-state index contributed by atoms with van der Waals surface area (Å²) in [6.07, 6.45) is 2.90. The van der Waals surface area contributed by atoms with E-state index in [1.54, 1.807) is 0 Å². The van der Waals surface area contributed by atoms with Crippen LogP contribution in [-0.4, -0.2) is 21.1 Å². The molecule has 0 fully saturated rings. The highest BCUT2D eigenvalue weighted by Gasteiger charge is 2.24. The molecule has 0 radical (unpaired) electrons. The Morgan fingerprint density at radius 2 is 2.09 bits per heavy atom. The summed E-state index contributed by atoms with van der Waals surface area (Å²) in [5.74, 6) is -0.118. The van der Waals surface area contributed by atoms with Gasteiger partial charge in [-0.1, -0.05) is 29.5 Å². The van der Waals surface area contributed by atoms with Crippen LogP contribution in [-0.2, 0) is 12.8 Å². The quantitative estimate of drug-likeness (QED) is 0.789. The lowest BCUT2D eigenvalue weighted by Crippen LogP contribution is -2.15. The van der Waals surface area contributed by atoms with Crippen LogP contribution < -0.4 is 5.32 Å². The van der Waals surface area contributed by atoms with Crippen molar-refractivity contribution in [2.24, 2.45) is 0 Å². The van der Waals surface area contributed by atoms with Gasteiger partial charge in [0.2, 0.25) is 5.13 Å². The molecule has 4 rings (SSSR count). The summed E-state index contributed by atoms with van der Waals surface area (Å²) in [5.41, 5.74) is 3.75. The van der Waals surface area contributed by atoms with Crippen LogP contribution in [0.15, 0.2) is 24.3 Å². The molecule has 1 aliphatic carbocycles. The third kappa shape index (κ3) is 2.16. The molecule has 3 aromatic rings. The number of amides is 1. The molecule has 2 aromatic heterocycles. The van der Waals surface area contributed by atoms with Gasteiger partial charge >= 0.3 is 0 Å². The van der Waals surface area contributed by atoms with Crippen LogP contribution in [0.5, 0.6) is 0 Å². The molecule has 110 valence electrons. The largest absolute Gasteiger partial charge is 0.296 e. The number of pyridine rings is 1. The standard InChI is InChI=1S/C16H14N4OS/c1-9-19-20-16(22-9)18-15(21)14-10-5-2-3-7-12(10)17-13-8-4-6-11(13)14/h2-3,5,7H,4,6,8H2,1H3,(H,18,20,21). The molecule has 6 heteroatoms. The summed E-state index contributed by atoms with van der Waals surface area (Å²) in [6.45, 7) is 1.87. The van der Waals surface area contributed by atoms with E-state index in [1.807, 2.05) is 31.2 Å². The first-order valence-electron chi connectivity index (χ1n) is 7.24. The van der Waals surface area contributed by atoms with Crippen LogP contribution in [0.25, 0.3) is 10.9 Å². The molecule has 0 bridgehead atoms. The number of aromatic nitrogens is 3. The molecular weight excluding hydrogens is 296 g/mol. The number of nitrogens with one attached hydrogen (secondary N) is 1. The second kappa shape index (κ2) is 5.14. The van der Waals surface area contributed by atoms with Crippen LogP contribution in [0, 0.1) is 6.92 Å². The third-order valence-electron chi connectivity index (χ3n) is 3.89. The van der Waals surface area contributed by atoms with Crippen molar-refractivity contribution in [3.8, 4) is 0 Å². The fourth-order valence-electron chi connectivity index (χ4n) is 2.98. The Labute approximate surface area is 131 Å². The summed E-state index contributed by atoms with van der Waals surface area (Å²) < 4.78 is 0. The molecule has 0 aliphatic heterocycles. The number of anilines is 1. The average molecular weight is 310 g/mol. The lowest BCUT2D eigenvalue weighted by molar-refractivity contribution is 0.102. The van der Waals surface area contributed by atoms with E-state index in [2.05, 4.69) is 15.5 Å². The highest BCUT2D eigenvalue weighted by Crippen LogP contribution is 2.30. The number of benzene rings is 1. The first kappa shape index (κ1) is 13.3. The highest BCUT2D eigenvalue weighted by atomic mass is 32.1. The van der Waals surface area contributed by atoms with E-state index in [1.165, 1.54) is 11.3 Å². The van der Waals surface area contributed by atoms with Gasteiger partial charge in [0.15, 0.2) is 0 Å². The van der Waals surface area contributed by atoms with E-state index in [9.17, 15) is 4.79 Å². The molecule has 0 saturated carbocycles. The zero-order chi connectivity index (χ0) is 15.1. The fraction of sp³-hybridized carbons (Fsp3) is 0.250. The van der Waals surface area contributed by atoms with Gasteiger partial charge in [0.1, 0.15) is 5.01 Å². The normalized spacial score (nSPS) is 13.3. The number of carbonyl (C=O) groups excluding carboxylic acids is 1.